The van der Waals surface area contributed by atoms with Gasteiger partial charge < -0.3 is 9.84 Å². The monoisotopic (exact) mass is 273 g/mol. The Hall–Kier alpha value is -2.40. The maximum Gasteiger partial charge on any atom is 0.269 e. The molecule has 0 fully saturated rings. The molecule has 20 heavy (non-hydrogen) atoms. The average Bonchev–Trinajstić information content (AvgIpc) is 2.46. The largest absolute Gasteiger partial charge is 0.489 e. The lowest BCUT2D eigenvalue weighted by Crippen LogP contribution is -1.97. The summed E-state index contributed by atoms with van der Waals surface area (Å²) in [6.07, 6.45) is -0.544. The van der Waals surface area contributed by atoms with Crippen molar-refractivity contribution < 1.29 is 14.8 Å². The Balaban J connectivity index is 2.01. The smallest absolute Gasteiger partial charge is 0.269 e. The zero-order valence-electron chi connectivity index (χ0n) is 11.0. The van der Waals surface area contributed by atoms with Gasteiger partial charge in [-0.15, -0.1) is 0 Å². The van der Waals surface area contributed by atoms with Crippen LogP contribution in [0.5, 0.6) is 5.75 Å². The summed E-state index contributed by atoms with van der Waals surface area (Å²) in [7, 11) is 0. The van der Waals surface area contributed by atoms with Crippen molar-refractivity contribution in [3.05, 3.63) is 69.8 Å². The summed E-state index contributed by atoms with van der Waals surface area (Å²) < 4.78 is 5.60. The van der Waals surface area contributed by atoms with Crippen LogP contribution in [0.15, 0.2) is 48.5 Å². The first-order valence-electron chi connectivity index (χ1n) is 6.20. The van der Waals surface area contributed by atoms with E-state index in [1.807, 2.05) is 12.1 Å². The fourth-order valence-electron chi connectivity index (χ4n) is 1.74. The van der Waals surface area contributed by atoms with Crippen LogP contribution in [0.2, 0.25) is 0 Å². The molecular weight excluding hydrogens is 258 g/mol. The number of benzene rings is 2. The third-order valence-corrected chi connectivity index (χ3v) is 2.89. The minimum absolute atomic E-state index is 0.0600. The zero-order valence-corrected chi connectivity index (χ0v) is 11.0. The van der Waals surface area contributed by atoms with E-state index in [9.17, 15) is 15.2 Å². The molecule has 0 bridgehead atoms. The summed E-state index contributed by atoms with van der Waals surface area (Å²) >= 11 is 0. The second-order valence-electron chi connectivity index (χ2n) is 4.46. The SMILES string of the molecule is CC(O)c1cccc(OCc2ccc([N+](=O)[O-])cc2)c1. The van der Waals surface area contributed by atoms with E-state index in [1.54, 1.807) is 31.2 Å². The highest BCUT2D eigenvalue weighted by Crippen LogP contribution is 2.20. The van der Waals surface area contributed by atoms with Crippen LogP contribution in [-0.2, 0) is 6.61 Å². The van der Waals surface area contributed by atoms with Crippen molar-refractivity contribution in [2.24, 2.45) is 0 Å². The molecule has 1 unspecified atom stereocenters. The second kappa shape index (κ2) is 6.16. The maximum absolute atomic E-state index is 10.5. The van der Waals surface area contributed by atoms with Crippen LogP contribution in [0.1, 0.15) is 24.2 Å². The third kappa shape index (κ3) is 3.55. The van der Waals surface area contributed by atoms with Gasteiger partial charge in [-0.1, -0.05) is 12.1 Å². The maximum atomic E-state index is 10.5. The van der Waals surface area contributed by atoms with Crippen molar-refractivity contribution >= 4 is 5.69 Å². The highest BCUT2D eigenvalue weighted by molar-refractivity contribution is 5.33. The highest BCUT2D eigenvalue weighted by atomic mass is 16.6. The molecule has 0 spiro atoms. The Bertz CT molecular complexity index is 593. The van der Waals surface area contributed by atoms with Gasteiger partial charge in [-0.3, -0.25) is 10.1 Å². The molecule has 0 saturated heterocycles. The van der Waals surface area contributed by atoms with Crippen molar-refractivity contribution in [1.29, 1.82) is 0 Å². The van der Waals surface area contributed by atoms with Gasteiger partial charge in [0, 0.05) is 12.1 Å². The van der Waals surface area contributed by atoms with Gasteiger partial charge in [0.05, 0.1) is 11.0 Å². The van der Waals surface area contributed by atoms with Crippen LogP contribution in [0.4, 0.5) is 5.69 Å². The van der Waals surface area contributed by atoms with Gasteiger partial charge in [0.1, 0.15) is 12.4 Å². The molecule has 2 aromatic carbocycles. The van der Waals surface area contributed by atoms with Gasteiger partial charge in [-0.05, 0) is 42.3 Å². The Morgan fingerprint density at radius 2 is 1.95 bits per heavy atom. The first kappa shape index (κ1) is 14.0. The molecule has 0 radical (unpaired) electrons. The molecule has 0 saturated carbocycles. The molecule has 2 rings (SSSR count). The van der Waals surface area contributed by atoms with Gasteiger partial charge in [-0.25, -0.2) is 0 Å². The number of nitro benzene ring substituents is 1. The lowest BCUT2D eigenvalue weighted by Gasteiger charge is -2.09. The summed E-state index contributed by atoms with van der Waals surface area (Å²) in [5.41, 5.74) is 1.69. The molecule has 2 aromatic rings. The number of hydrogen-bond donors (Lipinski definition) is 1. The van der Waals surface area contributed by atoms with Crippen molar-refractivity contribution in [3.8, 4) is 5.75 Å². The molecule has 1 N–H and O–H groups in total. The molecule has 0 aromatic heterocycles. The Kier molecular flexibility index (Phi) is 4.32. The number of aliphatic hydroxyl groups is 1. The van der Waals surface area contributed by atoms with Crippen LogP contribution in [0, 0.1) is 10.1 Å². The van der Waals surface area contributed by atoms with Crippen LogP contribution < -0.4 is 4.74 Å². The summed E-state index contributed by atoms with van der Waals surface area (Å²) in [6.45, 7) is 2.01. The molecular formula is C15H15NO4. The quantitative estimate of drug-likeness (QED) is 0.670. The predicted octanol–water partition coefficient (Wildman–Crippen LogP) is 3.23. The second-order valence-corrected chi connectivity index (χ2v) is 4.46. The molecule has 0 aliphatic rings. The van der Waals surface area contributed by atoms with E-state index in [1.165, 1.54) is 12.1 Å². The van der Waals surface area contributed by atoms with E-state index in [-0.39, 0.29) is 5.69 Å². The lowest BCUT2D eigenvalue weighted by molar-refractivity contribution is -0.384. The molecule has 0 heterocycles. The molecule has 104 valence electrons. The lowest BCUT2D eigenvalue weighted by atomic mass is 10.1. The van der Waals surface area contributed by atoms with Gasteiger partial charge in [0.25, 0.3) is 5.69 Å². The first-order valence-corrected chi connectivity index (χ1v) is 6.20. The van der Waals surface area contributed by atoms with Crippen molar-refractivity contribution in [2.75, 3.05) is 0 Å². The summed E-state index contributed by atoms with van der Waals surface area (Å²) in [6, 6.07) is 13.4. The third-order valence-electron chi connectivity index (χ3n) is 2.89. The van der Waals surface area contributed by atoms with Crippen LogP contribution in [0.3, 0.4) is 0 Å². The van der Waals surface area contributed by atoms with Crippen LogP contribution in [-0.4, -0.2) is 10.0 Å². The molecule has 0 aliphatic heterocycles. The van der Waals surface area contributed by atoms with E-state index in [4.69, 9.17) is 4.74 Å². The zero-order chi connectivity index (χ0) is 14.5. The standard InChI is InChI=1S/C15H15NO4/c1-11(17)13-3-2-4-15(9-13)20-10-12-5-7-14(8-6-12)16(18)19/h2-9,11,17H,10H2,1H3. The fourth-order valence-corrected chi connectivity index (χ4v) is 1.74. The van der Waals surface area contributed by atoms with Crippen LogP contribution >= 0.6 is 0 Å². The number of non-ortho nitro benzene ring substituents is 1. The molecule has 5 nitrogen and oxygen atoms in total. The van der Waals surface area contributed by atoms with Gasteiger partial charge in [0.15, 0.2) is 0 Å². The number of nitrogens with zero attached hydrogens (tertiary/aromatic N) is 1. The summed E-state index contributed by atoms with van der Waals surface area (Å²) in [5.74, 6) is 0.654. The van der Waals surface area contributed by atoms with Crippen molar-refractivity contribution in [1.82, 2.24) is 0 Å². The summed E-state index contributed by atoms with van der Waals surface area (Å²) in [4.78, 5) is 10.1. The first-order chi connectivity index (χ1) is 9.56. The Labute approximate surface area is 116 Å². The number of nitro groups is 1. The Morgan fingerprint density at radius 3 is 2.55 bits per heavy atom. The van der Waals surface area contributed by atoms with E-state index in [0.29, 0.717) is 12.4 Å². The van der Waals surface area contributed by atoms with Crippen molar-refractivity contribution in [3.63, 3.8) is 0 Å². The Morgan fingerprint density at radius 1 is 1.25 bits per heavy atom. The fraction of sp³-hybridized carbons (Fsp3) is 0.200. The number of aliphatic hydroxyl groups excluding tert-OH is 1. The number of ether oxygens (including phenoxy) is 1. The van der Waals surface area contributed by atoms with Gasteiger partial charge >= 0.3 is 0 Å². The molecule has 0 aliphatic carbocycles. The molecule has 5 heteroatoms. The minimum atomic E-state index is -0.544. The number of rotatable bonds is 5. The van der Waals surface area contributed by atoms with Gasteiger partial charge in [-0.2, -0.15) is 0 Å². The van der Waals surface area contributed by atoms with Crippen LogP contribution in [0.25, 0.3) is 0 Å². The van der Waals surface area contributed by atoms with E-state index < -0.39 is 11.0 Å². The normalized spacial score (nSPS) is 11.9. The predicted molar refractivity (Wildman–Crippen MR) is 74.5 cm³/mol. The highest BCUT2D eigenvalue weighted by Gasteiger charge is 2.05. The number of hydrogen-bond acceptors (Lipinski definition) is 4. The molecule has 0 amide bonds. The minimum Gasteiger partial charge on any atom is -0.489 e. The van der Waals surface area contributed by atoms with E-state index in [0.717, 1.165) is 11.1 Å². The average molecular weight is 273 g/mol. The summed E-state index contributed by atoms with van der Waals surface area (Å²) in [5, 5.41) is 20.0. The van der Waals surface area contributed by atoms with Gasteiger partial charge in [0.2, 0.25) is 0 Å². The van der Waals surface area contributed by atoms with Crippen molar-refractivity contribution in [2.45, 2.75) is 19.6 Å². The van der Waals surface area contributed by atoms with E-state index >= 15 is 0 Å². The van der Waals surface area contributed by atoms with E-state index in [2.05, 4.69) is 0 Å². The molecule has 1 atom stereocenters. The topological polar surface area (TPSA) is 72.6 Å².